The van der Waals surface area contributed by atoms with Crippen LogP contribution in [0.5, 0.6) is 5.75 Å². The first kappa shape index (κ1) is 15.4. The third-order valence-electron chi connectivity index (χ3n) is 3.16. The molecule has 2 rings (SSSR count). The predicted molar refractivity (Wildman–Crippen MR) is 84.5 cm³/mol. The number of amides is 1. The fourth-order valence-corrected chi connectivity index (χ4v) is 2.29. The van der Waals surface area contributed by atoms with Crippen LogP contribution in [0.25, 0.3) is 0 Å². The third-order valence-corrected chi connectivity index (χ3v) is 3.50. The summed E-state index contributed by atoms with van der Waals surface area (Å²) in [7, 11) is 0. The summed E-state index contributed by atoms with van der Waals surface area (Å²) in [5, 5.41) is 3.55. The van der Waals surface area contributed by atoms with Gasteiger partial charge >= 0.3 is 0 Å². The van der Waals surface area contributed by atoms with Gasteiger partial charge in [-0.15, -0.1) is 0 Å². The van der Waals surface area contributed by atoms with E-state index < -0.39 is 6.10 Å². The van der Waals surface area contributed by atoms with Gasteiger partial charge in [-0.3, -0.25) is 4.79 Å². The van der Waals surface area contributed by atoms with Crippen LogP contribution >= 0.6 is 11.6 Å². The van der Waals surface area contributed by atoms with Crippen molar-refractivity contribution in [2.45, 2.75) is 26.0 Å². The minimum atomic E-state index is -0.572. The minimum absolute atomic E-state index is 0.173. The second-order valence-corrected chi connectivity index (χ2v) is 5.23. The lowest BCUT2D eigenvalue weighted by atomic mass is 10.1. The van der Waals surface area contributed by atoms with E-state index in [0.29, 0.717) is 10.8 Å². The molecular formula is C17H18ClNO2. The van der Waals surface area contributed by atoms with Gasteiger partial charge in [0.05, 0.1) is 6.04 Å². The summed E-state index contributed by atoms with van der Waals surface area (Å²) in [6.45, 7) is 3.62. The van der Waals surface area contributed by atoms with Crippen LogP contribution in [0.15, 0.2) is 54.6 Å². The molecule has 2 aromatic rings. The Morgan fingerprint density at radius 3 is 2.33 bits per heavy atom. The van der Waals surface area contributed by atoms with Crippen LogP contribution < -0.4 is 10.1 Å². The number of hydrogen-bond donors (Lipinski definition) is 1. The number of para-hydroxylation sites is 1. The zero-order valence-electron chi connectivity index (χ0n) is 12.0. The Morgan fingerprint density at radius 1 is 1.05 bits per heavy atom. The van der Waals surface area contributed by atoms with Crippen LogP contribution in [0, 0.1) is 0 Å². The van der Waals surface area contributed by atoms with Gasteiger partial charge in [0.1, 0.15) is 5.75 Å². The number of nitrogens with one attached hydrogen (secondary N) is 1. The molecule has 0 aliphatic heterocycles. The van der Waals surface area contributed by atoms with Gasteiger partial charge < -0.3 is 10.1 Å². The maximum absolute atomic E-state index is 12.2. The second kappa shape index (κ2) is 7.14. The van der Waals surface area contributed by atoms with Gasteiger partial charge in [-0.1, -0.05) is 48.0 Å². The predicted octanol–water partition coefficient (Wildman–Crippen LogP) is 3.98. The van der Waals surface area contributed by atoms with Crippen molar-refractivity contribution in [3.63, 3.8) is 0 Å². The molecule has 0 fully saturated rings. The van der Waals surface area contributed by atoms with E-state index >= 15 is 0 Å². The van der Waals surface area contributed by atoms with E-state index in [4.69, 9.17) is 16.3 Å². The largest absolute Gasteiger partial charge is 0.481 e. The fourth-order valence-electron chi connectivity index (χ4n) is 1.99. The number of hydrogen-bond acceptors (Lipinski definition) is 2. The first-order valence-corrected chi connectivity index (χ1v) is 7.22. The summed E-state index contributed by atoms with van der Waals surface area (Å²) in [6, 6.07) is 16.6. The van der Waals surface area contributed by atoms with Gasteiger partial charge in [0.2, 0.25) is 0 Å². The normalized spacial score (nSPS) is 13.3. The number of rotatable bonds is 5. The van der Waals surface area contributed by atoms with Crippen LogP contribution in [0.1, 0.15) is 25.5 Å². The lowest BCUT2D eigenvalue weighted by Gasteiger charge is -2.19. The fraction of sp³-hybridized carbons (Fsp3) is 0.235. The monoisotopic (exact) mass is 303 g/mol. The molecule has 2 atom stereocenters. The van der Waals surface area contributed by atoms with E-state index in [1.807, 2.05) is 61.5 Å². The van der Waals surface area contributed by atoms with Gasteiger partial charge in [0.25, 0.3) is 5.91 Å². The van der Waals surface area contributed by atoms with Crippen molar-refractivity contribution >= 4 is 17.5 Å². The first-order valence-electron chi connectivity index (χ1n) is 6.84. The maximum Gasteiger partial charge on any atom is 0.261 e. The van der Waals surface area contributed by atoms with Gasteiger partial charge in [-0.2, -0.15) is 0 Å². The third kappa shape index (κ3) is 4.23. The summed E-state index contributed by atoms with van der Waals surface area (Å²) in [5.41, 5.74) is 0.888. The van der Waals surface area contributed by atoms with Crippen LogP contribution in [0.3, 0.4) is 0 Å². The van der Waals surface area contributed by atoms with Gasteiger partial charge in [-0.05, 0) is 37.6 Å². The van der Waals surface area contributed by atoms with E-state index in [1.165, 1.54) is 0 Å². The SMILES string of the molecule is CC(Oc1ccccc1)C(=O)NC(C)c1ccccc1Cl. The summed E-state index contributed by atoms with van der Waals surface area (Å²) < 4.78 is 5.60. The zero-order valence-corrected chi connectivity index (χ0v) is 12.8. The highest BCUT2D eigenvalue weighted by Crippen LogP contribution is 2.22. The van der Waals surface area contributed by atoms with E-state index in [0.717, 1.165) is 5.56 Å². The van der Waals surface area contributed by atoms with Crippen molar-refractivity contribution in [1.29, 1.82) is 0 Å². The molecule has 2 aromatic carbocycles. The summed E-state index contributed by atoms with van der Waals surface area (Å²) in [6.07, 6.45) is -0.572. The van der Waals surface area contributed by atoms with Crippen molar-refractivity contribution in [3.05, 3.63) is 65.2 Å². The number of benzene rings is 2. The molecule has 110 valence electrons. The number of ether oxygens (including phenoxy) is 1. The second-order valence-electron chi connectivity index (χ2n) is 4.82. The van der Waals surface area contributed by atoms with E-state index in [9.17, 15) is 4.79 Å². The van der Waals surface area contributed by atoms with Gasteiger partial charge in [-0.25, -0.2) is 0 Å². The minimum Gasteiger partial charge on any atom is -0.481 e. The van der Waals surface area contributed by atoms with Crippen LogP contribution in [0.2, 0.25) is 5.02 Å². The average molecular weight is 304 g/mol. The maximum atomic E-state index is 12.2. The van der Waals surface area contributed by atoms with Crippen LogP contribution in [-0.4, -0.2) is 12.0 Å². The highest BCUT2D eigenvalue weighted by Gasteiger charge is 2.18. The van der Waals surface area contributed by atoms with Crippen molar-refractivity contribution in [1.82, 2.24) is 5.32 Å². The molecule has 21 heavy (non-hydrogen) atoms. The van der Waals surface area contributed by atoms with E-state index in [2.05, 4.69) is 5.32 Å². The molecule has 0 spiro atoms. The standard InChI is InChI=1S/C17H18ClNO2/c1-12(15-10-6-7-11-16(15)18)19-17(20)13(2)21-14-8-4-3-5-9-14/h3-13H,1-2H3,(H,19,20). The Bertz CT molecular complexity index is 601. The molecule has 0 aliphatic carbocycles. The summed E-state index contributed by atoms with van der Waals surface area (Å²) in [4.78, 5) is 12.2. The number of carbonyl (C=O) groups is 1. The summed E-state index contributed by atoms with van der Waals surface area (Å²) >= 11 is 6.13. The molecule has 1 amide bonds. The molecule has 0 heterocycles. The molecule has 4 heteroatoms. The quantitative estimate of drug-likeness (QED) is 0.907. The number of carbonyl (C=O) groups excluding carboxylic acids is 1. The van der Waals surface area contributed by atoms with E-state index in [1.54, 1.807) is 6.92 Å². The Kier molecular flexibility index (Phi) is 5.23. The zero-order chi connectivity index (χ0) is 15.2. The molecule has 2 unspecified atom stereocenters. The number of halogens is 1. The Hall–Kier alpha value is -2.00. The lowest BCUT2D eigenvalue weighted by molar-refractivity contribution is -0.127. The summed E-state index contributed by atoms with van der Waals surface area (Å²) in [5.74, 6) is 0.497. The highest BCUT2D eigenvalue weighted by atomic mass is 35.5. The van der Waals surface area contributed by atoms with Crippen molar-refractivity contribution in [2.75, 3.05) is 0 Å². The smallest absolute Gasteiger partial charge is 0.261 e. The van der Waals surface area contributed by atoms with E-state index in [-0.39, 0.29) is 11.9 Å². The van der Waals surface area contributed by atoms with Crippen LogP contribution in [-0.2, 0) is 4.79 Å². The van der Waals surface area contributed by atoms with Crippen LogP contribution in [0.4, 0.5) is 0 Å². The van der Waals surface area contributed by atoms with Crippen molar-refractivity contribution in [3.8, 4) is 5.75 Å². The first-order chi connectivity index (χ1) is 10.1. The van der Waals surface area contributed by atoms with Gasteiger partial charge in [0, 0.05) is 5.02 Å². The molecule has 0 aliphatic rings. The molecule has 0 bridgehead atoms. The molecule has 0 saturated heterocycles. The molecule has 0 radical (unpaired) electrons. The molecule has 3 nitrogen and oxygen atoms in total. The molecule has 0 saturated carbocycles. The Balaban J connectivity index is 1.96. The molecule has 0 aromatic heterocycles. The highest BCUT2D eigenvalue weighted by molar-refractivity contribution is 6.31. The molecule has 1 N–H and O–H groups in total. The van der Waals surface area contributed by atoms with Crippen molar-refractivity contribution in [2.24, 2.45) is 0 Å². The molecular weight excluding hydrogens is 286 g/mol. The Morgan fingerprint density at radius 2 is 1.67 bits per heavy atom. The Labute approximate surface area is 129 Å². The average Bonchev–Trinajstić information content (AvgIpc) is 2.48. The topological polar surface area (TPSA) is 38.3 Å². The lowest BCUT2D eigenvalue weighted by Crippen LogP contribution is -2.37. The van der Waals surface area contributed by atoms with Crippen molar-refractivity contribution < 1.29 is 9.53 Å². The van der Waals surface area contributed by atoms with Gasteiger partial charge in [0.15, 0.2) is 6.10 Å².